The summed E-state index contributed by atoms with van der Waals surface area (Å²) in [5.41, 5.74) is -0.681. The Labute approximate surface area is 131 Å². The van der Waals surface area contributed by atoms with Gasteiger partial charge in [0.05, 0.1) is 23.7 Å². The molecule has 1 atom stereocenters. The van der Waals surface area contributed by atoms with Crippen molar-refractivity contribution in [3.63, 3.8) is 0 Å². The Morgan fingerprint density at radius 2 is 2.14 bits per heavy atom. The molecule has 0 saturated heterocycles. The molecule has 2 aromatic rings. The minimum atomic E-state index is -4.54. The molecule has 2 rings (SSSR count). The Morgan fingerprint density at radius 1 is 1.41 bits per heavy atom. The van der Waals surface area contributed by atoms with Crippen LogP contribution in [0.25, 0.3) is 0 Å². The molecule has 0 aliphatic rings. The van der Waals surface area contributed by atoms with Crippen molar-refractivity contribution >= 4 is 17.5 Å². The van der Waals surface area contributed by atoms with Crippen LogP contribution in [0.1, 0.15) is 36.0 Å². The van der Waals surface area contributed by atoms with Gasteiger partial charge in [-0.05, 0) is 25.1 Å². The largest absolute Gasteiger partial charge is 0.417 e. The van der Waals surface area contributed by atoms with Crippen LogP contribution in [0.2, 0.25) is 5.02 Å². The molecule has 0 saturated carbocycles. The highest BCUT2D eigenvalue weighted by Gasteiger charge is 2.32. The van der Waals surface area contributed by atoms with E-state index >= 15 is 0 Å². The average Bonchev–Trinajstić information content (AvgIpc) is 2.46. The molecular weight excluding hydrogens is 317 g/mol. The summed E-state index contributed by atoms with van der Waals surface area (Å²) >= 11 is 5.84. The molecule has 3 nitrogen and oxygen atoms in total. The number of pyridine rings is 1. The molecule has 1 aromatic heterocycles. The topological polar surface area (TPSA) is 42.0 Å². The molecule has 1 heterocycles. The Bertz CT molecular complexity index is 737. The van der Waals surface area contributed by atoms with E-state index in [1.165, 1.54) is 12.1 Å². The normalized spacial score (nSPS) is 13.4. The van der Waals surface area contributed by atoms with E-state index in [4.69, 9.17) is 13.0 Å². The molecule has 0 spiro atoms. The fourth-order valence-corrected chi connectivity index (χ4v) is 2.13. The van der Waals surface area contributed by atoms with Gasteiger partial charge in [-0.2, -0.15) is 13.2 Å². The maximum Gasteiger partial charge on any atom is 0.417 e. The van der Waals surface area contributed by atoms with Crippen LogP contribution >= 0.6 is 11.6 Å². The summed E-state index contributed by atoms with van der Waals surface area (Å²) in [4.78, 5) is 15.8. The second kappa shape index (κ2) is 6.36. The van der Waals surface area contributed by atoms with Gasteiger partial charge in [0.1, 0.15) is 0 Å². The lowest BCUT2D eigenvalue weighted by atomic mass is 10.1. The smallest absolute Gasteiger partial charge is 0.344 e. The Kier molecular flexibility index (Phi) is 4.29. The molecular formula is C15H12ClF3N2O. The SMILES string of the molecule is [3H]c1ccccc1C(=O)NC(C)c1ncc(C(F)(F)F)cc1Cl. The molecule has 0 bridgehead atoms. The van der Waals surface area contributed by atoms with E-state index in [-0.39, 0.29) is 22.3 Å². The quantitative estimate of drug-likeness (QED) is 0.914. The maximum absolute atomic E-state index is 12.6. The second-order valence-electron chi connectivity index (χ2n) is 4.56. The summed E-state index contributed by atoms with van der Waals surface area (Å²) in [7, 11) is 0. The fraction of sp³-hybridized carbons (Fsp3) is 0.200. The zero-order chi connectivity index (χ0) is 17.2. The van der Waals surface area contributed by atoms with Crippen molar-refractivity contribution in [2.75, 3.05) is 0 Å². The fourth-order valence-electron chi connectivity index (χ4n) is 1.80. The van der Waals surface area contributed by atoms with Crippen LogP contribution in [0.3, 0.4) is 0 Å². The van der Waals surface area contributed by atoms with Gasteiger partial charge in [-0.15, -0.1) is 0 Å². The van der Waals surface area contributed by atoms with Crippen molar-refractivity contribution in [3.05, 3.63) is 64.4 Å². The van der Waals surface area contributed by atoms with Crippen LogP contribution in [-0.4, -0.2) is 10.9 Å². The third kappa shape index (κ3) is 3.76. The number of amides is 1. The number of aromatic nitrogens is 1. The predicted octanol–water partition coefficient (Wildman–Crippen LogP) is 4.24. The molecule has 22 heavy (non-hydrogen) atoms. The zero-order valence-corrected chi connectivity index (χ0v) is 12.2. The number of halogens is 4. The zero-order valence-electron chi connectivity index (χ0n) is 12.4. The summed E-state index contributed by atoms with van der Waals surface area (Å²) in [5, 5.41) is 2.38. The number of hydrogen-bond acceptors (Lipinski definition) is 2. The molecule has 1 N–H and O–H groups in total. The first-order chi connectivity index (χ1) is 10.7. The first-order valence-corrected chi connectivity index (χ1v) is 6.67. The third-order valence-corrected chi connectivity index (χ3v) is 3.21. The number of carbonyl (C=O) groups excluding carboxylic acids is 1. The predicted molar refractivity (Wildman–Crippen MR) is 76.6 cm³/mol. The van der Waals surface area contributed by atoms with E-state index in [0.717, 1.165) is 6.07 Å². The number of rotatable bonds is 3. The van der Waals surface area contributed by atoms with Gasteiger partial charge in [0.2, 0.25) is 0 Å². The van der Waals surface area contributed by atoms with Crippen molar-refractivity contribution in [2.45, 2.75) is 19.1 Å². The van der Waals surface area contributed by atoms with Crippen LogP contribution in [0.5, 0.6) is 0 Å². The van der Waals surface area contributed by atoms with Crippen molar-refractivity contribution in [1.82, 2.24) is 10.3 Å². The summed E-state index contributed by atoms with van der Waals surface area (Å²) < 4.78 is 45.4. The van der Waals surface area contributed by atoms with Gasteiger partial charge in [0, 0.05) is 11.8 Å². The van der Waals surface area contributed by atoms with Crippen LogP contribution in [-0.2, 0) is 6.18 Å². The van der Waals surface area contributed by atoms with Gasteiger partial charge < -0.3 is 5.32 Å². The number of carbonyl (C=O) groups is 1. The van der Waals surface area contributed by atoms with Gasteiger partial charge in [-0.1, -0.05) is 29.8 Å². The van der Waals surface area contributed by atoms with Gasteiger partial charge in [0.25, 0.3) is 5.91 Å². The van der Waals surface area contributed by atoms with Crippen LogP contribution < -0.4 is 5.32 Å². The molecule has 0 radical (unpaired) electrons. The summed E-state index contributed by atoms with van der Waals surface area (Å²) in [6.45, 7) is 1.55. The first-order valence-electron chi connectivity index (χ1n) is 6.79. The van der Waals surface area contributed by atoms with Crippen molar-refractivity contribution in [2.24, 2.45) is 0 Å². The van der Waals surface area contributed by atoms with Crippen molar-refractivity contribution in [1.29, 1.82) is 0 Å². The number of benzene rings is 1. The summed E-state index contributed by atoms with van der Waals surface area (Å²) in [6, 6.07) is 6.28. The molecule has 116 valence electrons. The number of nitrogens with zero attached hydrogens (tertiary/aromatic N) is 1. The molecule has 1 amide bonds. The Morgan fingerprint density at radius 3 is 2.73 bits per heavy atom. The lowest BCUT2D eigenvalue weighted by molar-refractivity contribution is -0.137. The van der Waals surface area contributed by atoms with Crippen molar-refractivity contribution < 1.29 is 19.3 Å². The molecule has 1 aromatic carbocycles. The standard InChI is InChI=1S/C15H12ClF3N2O/c1-9(21-14(22)10-5-3-2-4-6-10)13-12(16)7-11(8-20-13)15(17,18)19/h2-9H,1H3,(H,21,22)/i5T. The number of alkyl halides is 3. The Hall–Kier alpha value is -2.08. The first kappa shape index (κ1) is 14.8. The molecule has 1 unspecified atom stereocenters. The van der Waals surface area contributed by atoms with Gasteiger partial charge in [0.15, 0.2) is 0 Å². The second-order valence-corrected chi connectivity index (χ2v) is 4.97. The number of hydrogen-bond donors (Lipinski definition) is 1. The highest BCUT2D eigenvalue weighted by molar-refractivity contribution is 6.31. The Balaban J connectivity index is 2.20. The third-order valence-electron chi connectivity index (χ3n) is 2.91. The highest BCUT2D eigenvalue weighted by Crippen LogP contribution is 2.32. The van der Waals surface area contributed by atoms with Crippen LogP contribution in [0.15, 0.2) is 42.6 Å². The van der Waals surface area contributed by atoms with E-state index in [1.807, 2.05) is 0 Å². The summed E-state index contributed by atoms with van der Waals surface area (Å²) in [6.07, 6.45) is -3.87. The molecule has 0 aliphatic heterocycles. The average molecular weight is 331 g/mol. The van der Waals surface area contributed by atoms with E-state index in [9.17, 15) is 18.0 Å². The minimum absolute atomic E-state index is 0.0451. The molecule has 7 heteroatoms. The van der Waals surface area contributed by atoms with Gasteiger partial charge >= 0.3 is 6.18 Å². The van der Waals surface area contributed by atoms with Gasteiger partial charge in [-0.3, -0.25) is 9.78 Å². The van der Waals surface area contributed by atoms with E-state index in [2.05, 4.69) is 10.3 Å². The van der Waals surface area contributed by atoms with Crippen LogP contribution in [0.4, 0.5) is 13.2 Å². The highest BCUT2D eigenvalue weighted by atomic mass is 35.5. The van der Waals surface area contributed by atoms with Crippen molar-refractivity contribution in [3.8, 4) is 0 Å². The minimum Gasteiger partial charge on any atom is -0.344 e. The van der Waals surface area contributed by atoms with Gasteiger partial charge in [-0.25, -0.2) is 0 Å². The van der Waals surface area contributed by atoms with E-state index in [0.29, 0.717) is 6.20 Å². The van der Waals surface area contributed by atoms with Crippen LogP contribution in [0, 0.1) is 0 Å². The van der Waals surface area contributed by atoms with E-state index < -0.39 is 23.7 Å². The summed E-state index contributed by atoms with van der Waals surface area (Å²) in [5.74, 6) is -0.527. The molecule has 0 aliphatic carbocycles. The monoisotopic (exact) mass is 330 g/mol. The van der Waals surface area contributed by atoms with E-state index in [1.54, 1.807) is 19.1 Å². The number of nitrogens with one attached hydrogen (secondary N) is 1. The lowest BCUT2D eigenvalue weighted by Gasteiger charge is -2.16. The molecule has 0 fully saturated rings. The lowest BCUT2D eigenvalue weighted by Crippen LogP contribution is -2.27. The maximum atomic E-state index is 12.6.